The second-order valence-corrected chi connectivity index (χ2v) is 5.16. The topological polar surface area (TPSA) is 60.7 Å². The van der Waals surface area contributed by atoms with Gasteiger partial charge in [-0.3, -0.25) is 0 Å². The number of hydrogen-bond donors (Lipinski definition) is 3. The molecule has 2 aromatic carbocycles. The van der Waals surface area contributed by atoms with E-state index in [1.54, 1.807) is 0 Å². The molecule has 0 bridgehead atoms. The van der Waals surface area contributed by atoms with Crippen molar-refractivity contribution in [2.45, 2.75) is 40.0 Å². The van der Waals surface area contributed by atoms with Gasteiger partial charge < -0.3 is 15.3 Å². The van der Waals surface area contributed by atoms with E-state index in [9.17, 15) is 15.3 Å². The molecule has 0 aromatic heterocycles. The molecule has 0 saturated heterocycles. The number of hydrogen-bond acceptors (Lipinski definition) is 3. The Morgan fingerprint density at radius 3 is 2.00 bits per heavy atom. The molecule has 0 aliphatic heterocycles. The van der Waals surface area contributed by atoms with Crippen molar-refractivity contribution in [1.29, 1.82) is 0 Å². The number of phenolic OH excluding ortho intramolecular Hbond substituents is 3. The SMILES string of the molecule is CCc1ccc(-c2c(O)c(O)cc(O)c2CC)cc1CC. The summed E-state index contributed by atoms with van der Waals surface area (Å²) in [6, 6.07) is 7.21. The van der Waals surface area contributed by atoms with E-state index in [4.69, 9.17) is 0 Å². The Labute approximate surface area is 125 Å². The highest BCUT2D eigenvalue weighted by atomic mass is 16.3. The first kappa shape index (κ1) is 15.2. The van der Waals surface area contributed by atoms with E-state index in [0.29, 0.717) is 17.5 Å². The summed E-state index contributed by atoms with van der Waals surface area (Å²) in [5.74, 6) is -0.450. The van der Waals surface area contributed by atoms with Gasteiger partial charge in [-0.05, 0) is 36.0 Å². The number of rotatable bonds is 4. The fourth-order valence-corrected chi connectivity index (χ4v) is 2.81. The molecule has 0 unspecified atom stereocenters. The Balaban J connectivity index is 2.72. The van der Waals surface area contributed by atoms with Crippen molar-refractivity contribution in [3.63, 3.8) is 0 Å². The summed E-state index contributed by atoms with van der Waals surface area (Å²) in [7, 11) is 0. The predicted octanol–water partition coefficient (Wildman–Crippen LogP) is 4.16. The Hall–Kier alpha value is -2.16. The summed E-state index contributed by atoms with van der Waals surface area (Å²) >= 11 is 0. The van der Waals surface area contributed by atoms with E-state index in [-0.39, 0.29) is 17.2 Å². The molecule has 2 rings (SSSR count). The van der Waals surface area contributed by atoms with E-state index in [1.807, 2.05) is 25.1 Å². The summed E-state index contributed by atoms with van der Waals surface area (Å²) in [5, 5.41) is 30.0. The molecular formula is C18H22O3. The van der Waals surface area contributed by atoms with Gasteiger partial charge in [0.1, 0.15) is 5.75 Å². The molecule has 3 N–H and O–H groups in total. The molecule has 0 aliphatic rings. The van der Waals surface area contributed by atoms with E-state index >= 15 is 0 Å². The minimum Gasteiger partial charge on any atom is -0.508 e. The van der Waals surface area contributed by atoms with Crippen molar-refractivity contribution < 1.29 is 15.3 Å². The summed E-state index contributed by atoms with van der Waals surface area (Å²) in [5.41, 5.74) is 4.50. The van der Waals surface area contributed by atoms with Gasteiger partial charge in [-0.15, -0.1) is 0 Å². The lowest BCUT2D eigenvalue weighted by Gasteiger charge is -2.16. The molecule has 2 aromatic rings. The number of aromatic hydroxyl groups is 3. The molecule has 3 nitrogen and oxygen atoms in total. The number of aryl methyl sites for hydroxylation is 2. The lowest BCUT2D eigenvalue weighted by molar-refractivity contribution is 0.396. The van der Waals surface area contributed by atoms with Crippen LogP contribution >= 0.6 is 0 Å². The fraction of sp³-hybridized carbons (Fsp3) is 0.333. The van der Waals surface area contributed by atoms with Crippen molar-refractivity contribution in [3.05, 3.63) is 41.0 Å². The molecule has 0 amide bonds. The molecule has 0 aliphatic carbocycles. The van der Waals surface area contributed by atoms with Crippen molar-refractivity contribution in [2.24, 2.45) is 0 Å². The molecule has 3 heteroatoms. The Kier molecular flexibility index (Phi) is 4.41. The zero-order valence-electron chi connectivity index (χ0n) is 12.8. The summed E-state index contributed by atoms with van der Waals surface area (Å²) < 4.78 is 0. The summed E-state index contributed by atoms with van der Waals surface area (Å²) in [6.45, 7) is 6.12. The van der Waals surface area contributed by atoms with Crippen LogP contribution in [0.1, 0.15) is 37.5 Å². The van der Waals surface area contributed by atoms with Crippen molar-refractivity contribution >= 4 is 0 Å². The zero-order valence-corrected chi connectivity index (χ0v) is 12.8. The summed E-state index contributed by atoms with van der Waals surface area (Å²) in [6.07, 6.45) is 2.44. The minimum absolute atomic E-state index is 0.0143. The van der Waals surface area contributed by atoms with Crippen LogP contribution in [0, 0.1) is 0 Å². The third-order valence-electron chi connectivity index (χ3n) is 3.97. The lowest BCUT2D eigenvalue weighted by atomic mass is 9.92. The largest absolute Gasteiger partial charge is 0.508 e. The van der Waals surface area contributed by atoms with Gasteiger partial charge in [0.05, 0.1) is 0 Å². The molecule has 0 spiro atoms. The first-order valence-electron chi connectivity index (χ1n) is 7.42. The number of phenols is 3. The van der Waals surface area contributed by atoms with Crippen molar-refractivity contribution in [3.8, 4) is 28.4 Å². The normalized spacial score (nSPS) is 10.8. The molecule has 0 atom stereocenters. The van der Waals surface area contributed by atoms with E-state index in [2.05, 4.69) is 13.8 Å². The third kappa shape index (κ3) is 2.68. The second-order valence-electron chi connectivity index (χ2n) is 5.16. The summed E-state index contributed by atoms with van der Waals surface area (Å²) in [4.78, 5) is 0. The highest BCUT2D eigenvalue weighted by molar-refractivity contribution is 5.79. The number of benzene rings is 2. The lowest BCUT2D eigenvalue weighted by Crippen LogP contribution is -1.95. The average Bonchev–Trinajstić information content (AvgIpc) is 2.49. The van der Waals surface area contributed by atoms with Crippen LogP contribution in [0.15, 0.2) is 24.3 Å². The third-order valence-corrected chi connectivity index (χ3v) is 3.97. The molecule has 0 radical (unpaired) electrons. The monoisotopic (exact) mass is 286 g/mol. The first-order chi connectivity index (χ1) is 10.0. The standard InChI is InChI=1S/C18H22O3/c1-4-11-7-8-13(9-12(11)5-2)17-14(6-3)15(19)10-16(20)18(17)21/h7-10,19-21H,4-6H2,1-3H3. The van der Waals surface area contributed by atoms with Crippen LogP contribution in [-0.4, -0.2) is 15.3 Å². The Morgan fingerprint density at radius 2 is 1.43 bits per heavy atom. The molecule has 112 valence electrons. The van der Waals surface area contributed by atoms with Crippen LogP contribution in [0.5, 0.6) is 17.2 Å². The van der Waals surface area contributed by atoms with Gasteiger partial charge >= 0.3 is 0 Å². The van der Waals surface area contributed by atoms with E-state index < -0.39 is 0 Å². The van der Waals surface area contributed by atoms with Gasteiger partial charge in [-0.1, -0.05) is 39.0 Å². The van der Waals surface area contributed by atoms with Crippen molar-refractivity contribution in [2.75, 3.05) is 0 Å². The highest BCUT2D eigenvalue weighted by Crippen LogP contribution is 2.44. The van der Waals surface area contributed by atoms with Crippen molar-refractivity contribution in [1.82, 2.24) is 0 Å². The fourth-order valence-electron chi connectivity index (χ4n) is 2.81. The van der Waals surface area contributed by atoms with Crippen LogP contribution in [0.25, 0.3) is 11.1 Å². The minimum atomic E-state index is -0.294. The van der Waals surface area contributed by atoms with Crippen LogP contribution < -0.4 is 0 Å². The molecule has 21 heavy (non-hydrogen) atoms. The maximum absolute atomic E-state index is 10.2. The maximum Gasteiger partial charge on any atom is 0.165 e. The predicted molar refractivity (Wildman–Crippen MR) is 85.0 cm³/mol. The first-order valence-corrected chi connectivity index (χ1v) is 7.42. The quantitative estimate of drug-likeness (QED) is 0.584. The van der Waals surface area contributed by atoms with Crippen LogP contribution in [0.3, 0.4) is 0 Å². The van der Waals surface area contributed by atoms with Gasteiger partial charge in [-0.25, -0.2) is 0 Å². The Bertz CT molecular complexity index is 660. The van der Waals surface area contributed by atoms with E-state index in [1.165, 1.54) is 17.2 Å². The van der Waals surface area contributed by atoms with Gasteiger partial charge in [0, 0.05) is 17.2 Å². The smallest absolute Gasteiger partial charge is 0.165 e. The van der Waals surface area contributed by atoms with Gasteiger partial charge in [0.2, 0.25) is 0 Å². The molecule has 0 heterocycles. The molecular weight excluding hydrogens is 264 g/mol. The second kappa shape index (κ2) is 6.08. The van der Waals surface area contributed by atoms with Crippen LogP contribution in [0.4, 0.5) is 0 Å². The van der Waals surface area contributed by atoms with E-state index in [0.717, 1.165) is 18.4 Å². The Morgan fingerprint density at radius 1 is 0.762 bits per heavy atom. The average molecular weight is 286 g/mol. The molecule has 0 fully saturated rings. The van der Waals surface area contributed by atoms with Gasteiger partial charge in [0.25, 0.3) is 0 Å². The maximum atomic E-state index is 10.2. The van der Waals surface area contributed by atoms with Gasteiger partial charge in [0.15, 0.2) is 11.5 Å². The highest BCUT2D eigenvalue weighted by Gasteiger charge is 2.18. The zero-order chi connectivity index (χ0) is 15.6. The van der Waals surface area contributed by atoms with Gasteiger partial charge in [-0.2, -0.15) is 0 Å². The molecule has 0 saturated carbocycles. The van der Waals surface area contributed by atoms with Crippen LogP contribution in [-0.2, 0) is 19.3 Å². The van der Waals surface area contributed by atoms with Crippen LogP contribution in [0.2, 0.25) is 0 Å².